The Morgan fingerprint density at radius 1 is 1.22 bits per heavy atom. The molecule has 0 spiro atoms. The summed E-state index contributed by atoms with van der Waals surface area (Å²) in [5.74, 6) is 0.161. The van der Waals surface area contributed by atoms with Gasteiger partial charge in [0.15, 0.2) is 6.10 Å². The minimum Gasteiger partial charge on any atom is -0.425 e. The fourth-order valence-corrected chi connectivity index (χ4v) is 2.69. The van der Waals surface area contributed by atoms with Crippen molar-refractivity contribution in [1.82, 2.24) is 0 Å². The number of carbonyl (C=O) groups is 1. The van der Waals surface area contributed by atoms with Crippen LogP contribution in [0, 0.1) is 0 Å². The summed E-state index contributed by atoms with van der Waals surface area (Å²) < 4.78 is 16.6. The van der Waals surface area contributed by atoms with Crippen LogP contribution >= 0.6 is 0 Å². The van der Waals surface area contributed by atoms with Crippen molar-refractivity contribution >= 4 is 16.7 Å². The highest BCUT2D eigenvalue weighted by Gasteiger charge is 2.20. The van der Waals surface area contributed by atoms with Crippen molar-refractivity contribution in [2.24, 2.45) is 0 Å². The minimum absolute atomic E-state index is 0.0969. The lowest BCUT2D eigenvalue weighted by atomic mass is 10.1. The Hall–Kier alpha value is -1.91. The molecule has 1 aliphatic rings. The highest BCUT2D eigenvalue weighted by atomic mass is 16.6. The van der Waals surface area contributed by atoms with E-state index >= 15 is 0 Å². The third-order valence-corrected chi connectivity index (χ3v) is 4.08. The third kappa shape index (κ3) is 4.30. The Balaban J connectivity index is 1.54. The first kappa shape index (κ1) is 16.0. The van der Waals surface area contributed by atoms with E-state index in [0.717, 1.165) is 36.6 Å². The summed E-state index contributed by atoms with van der Waals surface area (Å²) >= 11 is 0. The molecular weight excluding hydrogens is 292 g/mol. The molecule has 1 saturated heterocycles. The second-order valence-electron chi connectivity index (χ2n) is 5.89. The number of esters is 1. The monoisotopic (exact) mass is 314 g/mol. The normalized spacial score (nSPS) is 19.4. The van der Waals surface area contributed by atoms with E-state index in [1.165, 1.54) is 0 Å². The van der Waals surface area contributed by atoms with Gasteiger partial charge in [-0.25, -0.2) is 4.79 Å². The van der Waals surface area contributed by atoms with Gasteiger partial charge >= 0.3 is 5.97 Å². The Morgan fingerprint density at radius 3 is 2.83 bits per heavy atom. The SMILES string of the molecule is CC(OCC1CCCCO1)C(=O)Oc1ccc2ccccc2c1. The van der Waals surface area contributed by atoms with Gasteiger partial charge in [-0.15, -0.1) is 0 Å². The van der Waals surface area contributed by atoms with E-state index in [2.05, 4.69) is 0 Å². The summed E-state index contributed by atoms with van der Waals surface area (Å²) in [5.41, 5.74) is 0. The van der Waals surface area contributed by atoms with Crippen LogP contribution in [0.25, 0.3) is 10.8 Å². The average Bonchev–Trinajstić information content (AvgIpc) is 2.60. The molecule has 1 heterocycles. The molecule has 1 fully saturated rings. The number of fused-ring (bicyclic) bond motifs is 1. The lowest BCUT2D eigenvalue weighted by Gasteiger charge is -2.23. The van der Waals surface area contributed by atoms with Crippen molar-refractivity contribution in [3.05, 3.63) is 42.5 Å². The van der Waals surface area contributed by atoms with Crippen LogP contribution < -0.4 is 4.74 Å². The molecule has 4 nitrogen and oxygen atoms in total. The van der Waals surface area contributed by atoms with Gasteiger partial charge in [-0.1, -0.05) is 30.3 Å². The maximum absolute atomic E-state index is 12.1. The average molecular weight is 314 g/mol. The van der Waals surface area contributed by atoms with Crippen LogP contribution in [-0.4, -0.2) is 31.4 Å². The summed E-state index contributed by atoms with van der Waals surface area (Å²) in [5, 5.41) is 2.16. The molecular formula is C19H22O4. The van der Waals surface area contributed by atoms with E-state index in [1.807, 2.05) is 36.4 Å². The van der Waals surface area contributed by atoms with Crippen molar-refractivity contribution in [2.75, 3.05) is 13.2 Å². The number of ether oxygens (including phenoxy) is 3. The van der Waals surface area contributed by atoms with Crippen LogP contribution in [0.1, 0.15) is 26.2 Å². The maximum Gasteiger partial charge on any atom is 0.340 e. The molecule has 0 N–H and O–H groups in total. The van der Waals surface area contributed by atoms with Crippen molar-refractivity contribution in [1.29, 1.82) is 0 Å². The minimum atomic E-state index is -0.605. The number of hydrogen-bond acceptors (Lipinski definition) is 4. The van der Waals surface area contributed by atoms with Crippen LogP contribution in [-0.2, 0) is 14.3 Å². The summed E-state index contributed by atoms with van der Waals surface area (Å²) in [6.07, 6.45) is 2.75. The van der Waals surface area contributed by atoms with Gasteiger partial charge in [-0.2, -0.15) is 0 Å². The molecule has 1 aliphatic heterocycles. The molecule has 2 unspecified atom stereocenters. The lowest BCUT2D eigenvalue weighted by Crippen LogP contribution is -2.31. The molecule has 2 aromatic rings. The van der Waals surface area contributed by atoms with Gasteiger partial charge in [0, 0.05) is 6.61 Å². The Labute approximate surface area is 136 Å². The van der Waals surface area contributed by atoms with Gasteiger partial charge < -0.3 is 14.2 Å². The van der Waals surface area contributed by atoms with E-state index in [9.17, 15) is 4.79 Å². The van der Waals surface area contributed by atoms with Crippen molar-refractivity contribution < 1.29 is 19.0 Å². The van der Waals surface area contributed by atoms with Crippen molar-refractivity contribution in [3.63, 3.8) is 0 Å². The second kappa shape index (κ2) is 7.57. The summed E-state index contributed by atoms with van der Waals surface area (Å²) in [6.45, 7) is 2.93. The molecule has 23 heavy (non-hydrogen) atoms. The Morgan fingerprint density at radius 2 is 2.04 bits per heavy atom. The van der Waals surface area contributed by atoms with Gasteiger partial charge in [0.1, 0.15) is 5.75 Å². The third-order valence-electron chi connectivity index (χ3n) is 4.08. The fourth-order valence-electron chi connectivity index (χ4n) is 2.69. The van der Waals surface area contributed by atoms with Crippen LogP contribution in [0.4, 0.5) is 0 Å². The largest absolute Gasteiger partial charge is 0.425 e. The van der Waals surface area contributed by atoms with E-state index < -0.39 is 6.10 Å². The topological polar surface area (TPSA) is 44.8 Å². The maximum atomic E-state index is 12.1. The number of rotatable bonds is 5. The zero-order chi connectivity index (χ0) is 16.1. The lowest BCUT2D eigenvalue weighted by molar-refractivity contribution is -0.149. The summed E-state index contributed by atoms with van der Waals surface area (Å²) in [7, 11) is 0. The Bertz CT molecular complexity index is 661. The first-order valence-corrected chi connectivity index (χ1v) is 8.16. The smallest absolute Gasteiger partial charge is 0.340 e. The first-order chi connectivity index (χ1) is 11.2. The number of hydrogen-bond donors (Lipinski definition) is 0. The molecule has 122 valence electrons. The van der Waals surface area contributed by atoms with Crippen molar-refractivity contribution in [2.45, 2.75) is 38.4 Å². The van der Waals surface area contributed by atoms with E-state index in [0.29, 0.717) is 12.4 Å². The molecule has 0 saturated carbocycles. The predicted molar refractivity (Wildman–Crippen MR) is 88.6 cm³/mol. The Kier molecular flexibility index (Phi) is 5.26. The highest BCUT2D eigenvalue weighted by Crippen LogP contribution is 2.21. The summed E-state index contributed by atoms with van der Waals surface area (Å²) in [4.78, 5) is 12.1. The number of benzene rings is 2. The zero-order valence-electron chi connectivity index (χ0n) is 13.4. The molecule has 3 rings (SSSR count). The van der Waals surface area contributed by atoms with E-state index in [1.54, 1.807) is 13.0 Å². The van der Waals surface area contributed by atoms with Crippen LogP contribution in [0.5, 0.6) is 5.75 Å². The molecule has 2 aromatic carbocycles. The quantitative estimate of drug-likeness (QED) is 0.623. The molecule has 0 radical (unpaired) electrons. The second-order valence-corrected chi connectivity index (χ2v) is 5.89. The van der Waals surface area contributed by atoms with Gasteiger partial charge in [-0.3, -0.25) is 0 Å². The highest BCUT2D eigenvalue weighted by molar-refractivity contribution is 5.85. The van der Waals surface area contributed by atoms with Crippen molar-refractivity contribution in [3.8, 4) is 5.75 Å². The molecule has 2 atom stereocenters. The first-order valence-electron chi connectivity index (χ1n) is 8.16. The van der Waals surface area contributed by atoms with Gasteiger partial charge in [0.25, 0.3) is 0 Å². The van der Waals surface area contributed by atoms with E-state index in [4.69, 9.17) is 14.2 Å². The molecule has 0 aromatic heterocycles. The zero-order valence-corrected chi connectivity index (χ0v) is 13.4. The van der Waals surface area contributed by atoms with Crippen LogP contribution in [0.15, 0.2) is 42.5 Å². The fraction of sp³-hybridized carbons (Fsp3) is 0.421. The molecule has 0 amide bonds. The number of carbonyl (C=O) groups excluding carboxylic acids is 1. The molecule has 0 bridgehead atoms. The standard InChI is InChI=1S/C19H22O4/c1-14(22-13-18-8-4-5-11-21-18)19(20)23-17-10-9-15-6-2-3-7-16(15)12-17/h2-3,6-7,9-10,12,14,18H,4-5,8,11,13H2,1H3. The van der Waals surface area contributed by atoms with E-state index in [-0.39, 0.29) is 12.1 Å². The van der Waals surface area contributed by atoms with Gasteiger partial charge in [-0.05, 0) is 49.1 Å². The van der Waals surface area contributed by atoms with Gasteiger partial charge in [0.05, 0.1) is 12.7 Å². The molecule has 4 heteroatoms. The predicted octanol–water partition coefficient (Wildman–Crippen LogP) is 3.72. The summed E-state index contributed by atoms with van der Waals surface area (Å²) in [6, 6.07) is 13.6. The van der Waals surface area contributed by atoms with Crippen LogP contribution in [0.3, 0.4) is 0 Å². The molecule has 0 aliphatic carbocycles. The van der Waals surface area contributed by atoms with Crippen LogP contribution in [0.2, 0.25) is 0 Å². The van der Waals surface area contributed by atoms with Gasteiger partial charge in [0.2, 0.25) is 0 Å².